The van der Waals surface area contributed by atoms with E-state index in [9.17, 15) is 13.2 Å². The number of hydrogen-bond donors (Lipinski definition) is 0. The summed E-state index contributed by atoms with van der Waals surface area (Å²) in [7, 11) is -0.615. The molecule has 0 aliphatic heterocycles. The highest BCUT2D eigenvalue weighted by Gasteiger charge is 2.24. The van der Waals surface area contributed by atoms with E-state index in [0.29, 0.717) is 17.9 Å². The molecule has 0 N–H and O–H groups in total. The minimum absolute atomic E-state index is 0.220. The maximum Gasteiger partial charge on any atom is 0.305 e. The van der Waals surface area contributed by atoms with Crippen LogP contribution in [-0.4, -0.2) is 39.4 Å². The lowest BCUT2D eigenvalue weighted by Crippen LogP contribution is -2.28. The SMILES string of the molecule is COC(=O)CCCN(C)S(=O)(=O)c1cc(C)sc1C. The van der Waals surface area contributed by atoms with Crippen molar-refractivity contribution in [2.75, 3.05) is 20.7 Å². The summed E-state index contributed by atoms with van der Waals surface area (Å²) in [5, 5.41) is 0. The second-order valence-corrected chi connectivity index (χ2v) is 7.76. The van der Waals surface area contributed by atoms with Crippen molar-refractivity contribution < 1.29 is 17.9 Å². The standard InChI is InChI=1S/C12H19NO4S2/c1-9-8-11(10(2)18-9)19(15,16)13(3)7-5-6-12(14)17-4/h8H,5-7H2,1-4H3. The van der Waals surface area contributed by atoms with E-state index in [1.54, 1.807) is 13.0 Å². The van der Waals surface area contributed by atoms with E-state index in [-0.39, 0.29) is 12.4 Å². The van der Waals surface area contributed by atoms with Gasteiger partial charge >= 0.3 is 5.97 Å². The van der Waals surface area contributed by atoms with Crippen LogP contribution in [0.1, 0.15) is 22.6 Å². The molecule has 0 unspecified atom stereocenters. The maximum atomic E-state index is 12.3. The van der Waals surface area contributed by atoms with Gasteiger partial charge in [-0.3, -0.25) is 4.79 Å². The highest BCUT2D eigenvalue weighted by atomic mass is 32.2. The summed E-state index contributed by atoms with van der Waals surface area (Å²) in [5.74, 6) is -0.326. The molecule has 1 rings (SSSR count). The highest BCUT2D eigenvalue weighted by molar-refractivity contribution is 7.89. The molecular weight excluding hydrogens is 286 g/mol. The largest absolute Gasteiger partial charge is 0.469 e. The van der Waals surface area contributed by atoms with Crippen molar-refractivity contribution in [3.63, 3.8) is 0 Å². The number of nitrogens with zero attached hydrogens (tertiary/aromatic N) is 1. The minimum Gasteiger partial charge on any atom is -0.469 e. The van der Waals surface area contributed by atoms with Gasteiger partial charge in [0.05, 0.1) is 12.0 Å². The predicted octanol–water partition coefficient (Wildman–Crippen LogP) is 1.94. The topological polar surface area (TPSA) is 63.7 Å². The zero-order valence-corrected chi connectivity index (χ0v) is 13.2. The fraction of sp³-hybridized carbons (Fsp3) is 0.583. The lowest BCUT2D eigenvalue weighted by molar-refractivity contribution is -0.140. The van der Waals surface area contributed by atoms with Crippen LogP contribution in [0.4, 0.5) is 0 Å². The summed E-state index contributed by atoms with van der Waals surface area (Å²) < 4.78 is 30.5. The molecule has 0 fully saturated rings. The number of aryl methyl sites for hydroxylation is 2. The van der Waals surface area contributed by atoms with Crippen LogP contribution in [0.5, 0.6) is 0 Å². The lowest BCUT2D eigenvalue weighted by atomic mass is 10.3. The zero-order valence-electron chi connectivity index (χ0n) is 11.6. The number of methoxy groups -OCH3 is 1. The van der Waals surface area contributed by atoms with E-state index < -0.39 is 10.0 Å². The average molecular weight is 305 g/mol. The zero-order chi connectivity index (χ0) is 14.6. The van der Waals surface area contributed by atoms with Crippen molar-refractivity contribution in [1.29, 1.82) is 0 Å². The molecule has 108 valence electrons. The number of sulfonamides is 1. The van der Waals surface area contributed by atoms with Crippen LogP contribution in [0, 0.1) is 13.8 Å². The summed E-state index contributed by atoms with van der Waals surface area (Å²) >= 11 is 1.47. The van der Waals surface area contributed by atoms with Crippen LogP contribution >= 0.6 is 11.3 Å². The number of carbonyl (C=O) groups is 1. The Morgan fingerprint density at radius 1 is 1.42 bits per heavy atom. The van der Waals surface area contributed by atoms with Crippen LogP contribution < -0.4 is 0 Å². The third kappa shape index (κ3) is 4.02. The van der Waals surface area contributed by atoms with Crippen molar-refractivity contribution in [2.24, 2.45) is 0 Å². The molecule has 0 spiro atoms. The van der Waals surface area contributed by atoms with Gasteiger partial charge in [0, 0.05) is 29.8 Å². The molecule has 0 atom stereocenters. The van der Waals surface area contributed by atoms with Crippen molar-refractivity contribution in [2.45, 2.75) is 31.6 Å². The number of ether oxygens (including phenoxy) is 1. The third-order valence-electron chi connectivity index (χ3n) is 2.77. The molecule has 0 radical (unpaired) electrons. The number of rotatable bonds is 6. The maximum absolute atomic E-state index is 12.3. The highest BCUT2D eigenvalue weighted by Crippen LogP contribution is 2.27. The van der Waals surface area contributed by atoms with Crippen LogP contribution in [0.3, 0.4) is 0 Å². The van der Waals surface area contributed by atoms with Crippen LogP contribution in [0.2, 0.25) is 0 Å². The van der Waals surface area contributed by atoms with Gasteiger partial charge in [0.1, 0.15) is 0 Å². The van der Waals surface area contributed by atoms with Crippen LogP contribution in [-0.2, 0) is 19.6 Å². The van der Waals surface area contributed by atoms with Gasteiger partial charge in [0.2, 0.25) is 10.0 Å². The molecule has 0 aliphatic carbocycles. The van der Waals surface area contributed by atoms with Gasteiger partial charge in [-0.25, -0.2) is 12.7 Å². The van der Waals surface area contributed by atoms with E-state index in [4.69, 9.17) is 0 Å². The Morgan fingerprint density at radius 3 is 2.53 bits per heavy atom. The van der Waals surface area contributed by atoms with Gasteiger partial charge in [-0.05, 0) is 26.3 Å². The van der Waals surface area contributed by atoms with Crippen LogP contribution in [0.25, 0.3) is 0 Å². The summed E-state index contributed by atoms with van der Waals surface area (Å²) in [5.41, 5.74) is 0. The van der Waals surface area contributed by atoms with Gasteiger partial charge in [0.15, 0.2) is 0 Å². The molecule has 0 amide bonds. The van der Waals surface area contributed by atoms with Gasteiger partial charge in [-0.1, -0.05) is 0 Å². The number of esters is 1. The normalized spacial score (nSPS) is 11.8. The van der Waals surface area contributed by atoms with E-state index in [2.05, 4.69) is 4.74 Å². The Kier molecular flexibility index (Phi) is 5.51. The first-order valence-electron chi connectivity index (χ1n) is 5.89. The Balaban J connectivity index is 2.72. The second-order valence-electron chi connectivity index (χ2n) is 4.28. The number of carbonyl (C=O) groups excluding carboxylic acids is 1. The van der Waals surface area contributed by atoms with E-state index in [1.165, 1.54) is 29.8 Å². The second kappa shape index (κ2) is 6.49. The van der Waals surface area contributed by atoms with Gasteiger partial charge in [-0.15, -0.1) is 11.3 Å². The van der Waals surface area contributed by atoms with Crippen molar-refractivity contribution >= 4 is 27.3 Å². The van der Waals surface area contributed by atoms with Crippen molar-refractivity contribution in [3.05, 3.63) is 15.8 Å². The van der Waals surface area contributed by atoms with Crippen molar-refractivity contribution in [3.8, 4) is 0 Å². The van der Waals surface area contributed by atoms with Gasteiger partial charge in [-0.2, -0.15) is 0 Å². The molecule has 19 heavy (non-hydrogen) atoms. The lowest BCUT2D eigenvalue weighted by Gasteiger charge is -2.16. The summed E-state index contributed by atoms with van der Waals surface area (Å²) in [4.78, 5) is 13.1. The molecule has 0 saturated carbocycles. The molecule has 0 saturated heterocycles. The fourth-order valence-electron chi connectivity index (χ4n) is 1.70. The monoisotopic (exact) mass is 305 g/mol. The smallest absolute Gasteiger partial charge is 0.305 e. The molecule has 1 heterocycles. The van der Waals surface area contributed by atoms with E-state index in [1.807, 2.05) is 6.92 Å². The molecule has 0 aromatic carbocycles. The van der Waals surface area contributed by atoms with Gasteiger partial charge < -0.3 is 4.74 Å². The quantitative estimate of drug-likeness (QED) is 0.753. The Hall–Kier alpha value is -0.920. The summed E-state index contributed by atoms with van der Waals surface area (Å²) in [6, 6.07) is 1.69. The molecule has 5 nitrogen and oxygen atoms in total. The Bertz CT molecular complexity index is 548. The molecular formula is C12H19NO4S2. The van der Waals surface area contributed by atoms with Crippen LogP contribution in [0.15, 0.2) is 11.0 Å². The predicted molar refractivity (Wildman–Crippen MR) is 74.9 cm³/mol. The average Bonchev–Trinajstić information content (AvgIpc) is 2.68. The number of hydrogen-bond acceptors (Lipinski definition) is 5. The first-order chi connectivity index (χ1) is 8.78. The fourth-order valence-corrected chi connectivity index (χ4v) is 4.43. The third-order valence-corrected chi connectivity index (χ3v) is 5.84. The minimum atomic E-state index is -3.46. The van der Waals surface area contributed by atoms with E-state index >= 15 is 0 Å². The molecule has 0 aliphatic rings. The molecule has 1 aromatic heterocycles. The Labute approximate surface area is 118 Å². The number of thiophene rings is 1. The summed E-state index contributed by atoms with van der Waals surface area (Å²) in [6.07, 6.45) is 0.669. The Morgan fingerprint density at radius 2 is 2.05 bits per heavy atom. The summed E-state index contributed by atoms with van der Waals surface area (Å²) in [6.45, 7) is 3.98. The first kappa shape index (κ1) is 16.1. The molecule has 0 bridgehead atoms. The molecule has 1 aromatic rings. The van der Waals surface area contributed by atoms with E-state index in [0.717, 1.165) is 9.75 Å². The van der Waals surface area contributed by atoms with Crippen molar-refractivity contribution in [1.82, 2.24) is 4.31 Å². The molecule has 7 heteroatoms. The first-order valence-corrected chi connectivity index (χ1v) is 8.15. The van der Waals surface area contributed by atoms with Gasteiger partial charge in [0.25, 0.3) is 0 Å².